The van der Waals surface area contributed by atoms with Crippen LogP contribution in [0.25, 0.3) is 6.08 Å². The molecule has 136 valence electrons. The maximum absolute atomic E-state index is 13.9. The van der Waals surface area contributed by atoms with Crippen molar-refractivity contribution < 1.29 is 35.7 Å². The van der Waals surface area contributed by atoms with Crippen LogP contribution < -0.4 is 5.56 Å². The van der Waals surface area contributed by atoms with Gasteiger partial charge >= 0.3 is 5.97 Å². The third kappa shape index (κ3) is 6.49. The number of esters is 1. The molecule has 0 bridgehead atoms. The van der Waals surface area contributed by atoms with Crippen molar-refractivity contribution in [3.8, 4) is 0 Å². The molecule has 1 rings (SSSR count). The Bertz CT molecular complexity index is 613. The molecular formula is C17H23FFeNO4-. The molecule has 0 amide bonds. The van der Waals surface area contributed by atoms with Crippen molar-refractivity contribution in [3.63, 3.8) is 0 Å². The minimum atomic E-state index is -1.04. The molecule has 1 aromatic rings. The molecule has 1 atom stereocenters. The summed E-state index contributed by atoms with van der Waals surface area (Å²) in [6.07, 6.45) is 4.64. The Hall–Kier alpha value is -1.59. The average molecular weight is 380 g/mol. The number of rotatable bonds is 8. The summed E-state index contributed by atoms with van der Waals surface area (Å²) in [6.45, 7) is 7.99. The topological polar surface area (TPSA) is 57.5 Å². The van der Waals surface area contributed by atoms with E-state index in [4.69, 9.17) is 9.47 Å². The van der Waals surface area contributed by atoms with Crippen LogP contribution in [0, 0.1) is 17.8 Å². The first-order chi connectivity index (χ1) is 10.9. The molecule has 0 aliphatic carbocycles. The van der Waals surface area contributed by atoms with E-state index in [2.05, 4.69) is 6.07 Å². The standard InChI is InChI=1S/C17H23FNO4.Fe/c1-5-22-8-7-13-10-14(18)16(20)19(11-13)15(9-12(3)4)17(21)23-6-2;/h7-8,11-12,15H,5-6,9H2,1-4H3;/q-1;/b8-7+;. The summed E-state index contributed by atoms with van der Waals surface area (Å²) in [6, 6.07) is 1.47. The predicted molar refractivity (Wildman–Crippen MR) is 85.3 cm³/mol. The van der Waals surface area contributed by atoms with Gasteiger partial charge in [0, 0.05) is 23.3 Å². The summed E-state index contributed by atoms with van der Waals surface area (Å²) in [5, 5.41) is 0. The largest absolute Gasteiger partial charge is 0.511 e. The Morgan fingerprint density at radius 1 is 1.38 bits per heavy atom. The smallest absolute Gasteiger partial charge is 0.327 e. The van der Waals surface area contributed by atoms with E-state index in [1.165, 1.54) is 18.5 Å². The summed E-state index contributed by atoms with van der Waals surface area (Å²) < 4.78 is 25.0. The summed E-state index contributed by atoms with van der Waals surface area (Å²) in [7, 11) is 0. The number of pyridine rings is 1. The van der Waals surface area contributed by atoms with Crippen LogP contribution in [0.4, 0.5) is 4.39 Å². The first kappa shape index (κ1) is 22.4. The molecule has 5 nitrogen and oxygen atoms in total. The Balaban J connectivity index is 0.00000529. The van der Waals surface area contributed by atoms with E-state index in [0.717, 1.165) is 4.57 Å². The van der Waals surface area contributed by atoms with Crippen LogP contribution in [0.5, 0.6) is 0 Å². The van der Waals surface area contributed by atoms with Gasteiger partial charge in [-0.2, -0.15) is 0 Å². The van der Waals surface area contributed by atoms with Crippen molar-refractivity contribution in [1.82, 2.24) is 4.57 Å². The van der Waals surface area contributed by atoms with Crippen LogP contribution in [0.15, 0.2) is 17.3 Å². The number of ether oxygens (including phenoxy) is 2. The fraction of sp³-hybridized carbons (Fsp3) is 0.529. The third-order valence-corrected chi connectivity index (χ3v) is 3.05. The number of aromatic nitrogens is 1. The van der Waals surface area contributed by atoms with Gasteiger partial charge in [0.05, 0.1) is 13.2 Å². The second-order valence-electron chi connectivity index (χ2n) is 5.39. The SMILES string of the molecule is CCO/C=C/c1[c-]c(F)c(=O)n(C(CC(C)C)C(=O)OCC)c1.[Fe]. The van der Waals surface area contributed by atoms with Gasteiger partial charge in [-0.1, -0.05) is 32.2 Å². The fourth-order valence-electron chi connectivity index (χ4n) is 2.08. The van der Waals surface area contributed by atoms with Gasteiger partial charge in [-0.05, 0) is 26.2 Å². The van der Waals surface area contributed by atoms with E-state index in [1.807, 2.05) is 20.8 Å². The molecule has 7 heteroatoms. The van der Waals surface area contributed by atoms with Crippen LogP contribution in [0.3, 0.4) is 0 Å². The zero-order chi connectivity index (χ0) is 17.4. The summed E-state index contributed by atoms with van der Waals surface area (Å²) >= 11 is 0. The van der Waals surface area contributed by atoms with Gasteiger partial charge in [0.1, 0.15) is 11.9 Å². The second kappa shape index (κ2) is 11.0. The molecule has 0 aromatic carbocycles. The first-order valence-electron chi connectivity index (χ1n) is 7.69. The van der Waals surface area contributed by atoms with E-state index in [1.54, 1.807) is 6.92 Å². The summed E-state index contributed by atoms with van der Waals surface area (Å²) in [5.74, 6) is -1.46. The summed E-state index contributed by atoms with van der Waals surface area (Å²) in [4.78, 5) is 24.2. The Morgan fingerprint density at radius 3 is 2.58 bits per heavy atom. The third-order valence-electron chi connectivity index (χ3n) is 3.05. The van der Waals surface area contributed by atoms with Crippen molar-refractivity contribution in [2.24, 2.45) is 5.92 Å². The first-order valence-corrected chi connectivity index (χ1v) is 7.69. The van der Waals surface area contributed by atoms with Crippen LogP contribution >= 0.6 is 0 Å². The Morgan fingerprint density at radius 2 is 2.04 bits per heavy atom. The van der Waals surface area contributed by atoms with E-state index in [9.17, 15) is 14.0 Å². The quantitative estimate of drug-likeness (QED) is 0.301. The van der Waals surface area contributed by atoms with Crippen molar-refractivity contribution in [2.75, 3.05) is 13.2 Å². The molecular weight excluding hydrogens is 357 g/mol. The maximum Gasteiger partial charge on any atom is 0.327 e. The van der Waals surface area contributed by atoms with E-state index in [-0.39, 0.29) is 29.6 Å². The zero-order valence-electron chi connectivity index (χ0n) is 14.3. The molecule has 0 aliphatic heterocycles. The molecule has 0 radical (unpaired) electrons. The molecule has 0 saturated carbocycles. The van der Waals surface area contributed by atoms with Gasteiger partial charge in [-0.15, -0.1) is 5.56 Å². The normalized spacial score (nSPS) is 12.1. The molecule has 1 unspecified atom stereocenters. The fourth-order valence-corrected chi connectivity index (χ4v) is 2.08. The molecule has 0 aliphatic rings. The molecule has 0 spiro atoms. The van der Waals surface area contributed by atoms with Gasteiger partial charge in [-0.3, -0.25) is 0 Å². The Labute approximate surface area is 152 Å². The van der Waals surface area contributed by atoms with Crippen molar-refractivity contribution in [1.29, 1.82) is 0 Å². The minimum absolute atomic E-state index is 0. The monoisotopic (exact) mass is 380 g/mol. The molecule has 0 saturated heterocycles. The molecule has 0 fully saturated rings. The Kier molecular flexibility index (Phi) is 10.3. The van der Waals surface area contributed by atoms with Crippen molar-refractivity contribution in [2.45, 2.75) is 40.2 Å². The number of nitrogens with zero attached hydrogens (tertiary/aromatic N) is 1. The van der Waals surface area contributed by atoms with Gasteiger partial charge < -0.3 is 18.8 Å². The van der Waals surface area contributed by atoms with Gasteiger partial charge in [-0.25, -0.2) is 9.18 Å². The average Bonchev–Trinajstić information content (AvgIpc) is 2.48. The van der Waals surface area contributed by atoms with Crippen LogP contribution in [-0.2, 0) is 31.3 Å². The second-order valence-corrected chi connectivity index (χ2v) is 5.39. The summed E-state index contributed by atoms with van der Waals surface area (Å²) in [5.41, 5.74) is -0.578. The maximum atomic E-state index is 13.9. The minimum Gasteiger partial charge on any atom is -0.511 e. The van der Waals surface area contributed by atoms with Gasteiger partial charge in [0.25, 0.3) is 0 Å². The van der Waals surface area contributed by atoms with Crippen molar-refractivity contribution >= 4 is 12.0 Å². The number of halogens is 1. The number of hydrogen-bond acceptors (Lipinski definition) is 4. The van der Waals surface area contributed by atoms with Gasteiger partial charge in [0.15, 0.2) is 0 Å². The number of hydrogen-bond donors (Lipinski definition) is 0. The van der Waals surface area contributed by atoms with Crippen LogP contribution in [0.1, 0.15) is 45.7 Å². The predicted octanol–water partition coefficient (Wildman–Crippen LogP) is 2.94. The van der Waals surface area contributed by atoms with E-state index < -0.39 is 23.4 Å². The zero-order valence-corrected chi connectivity index (χ0v) is 15.4. The number of carbonyl (C=O) groups excluding carboxylic acids is 1. The molecule has 24 heavy (non-hydrogen) atoms. The van der Waals surface area contributed by atoms with E-state index in [0.29, 0.717) is 18.6 Å². The van der Waals surface area contributed by atoms with E-state index >= 15 is 0 Å². The van der Waals surface area contributed by atoms with Crippen molar-refractivity contribution in [3.05, 3.63) is 40.3 Å². The molecule has 0 N–H and O–H groups in total. The molecule has 1 heterocycles. The van der Waals surface area contributed by atoms with Crippen LogP contribution in [-0.4, -0.2) is 23.8 Å². The van der Waals surface area contributed by atoms with Crippen LogP contribution in [0.2, 0.25) is 0 Å². The van der Waals surface area contributed by atoms with Gasteiger partial charge in [0.2, 0.25) is 5.56 Å². The molecule has 1 aromatic heterocycles. The number of carbonyl (C=O) groups is 1.